The molecule has 2 aromatic carbocycles. The number of carbonyl (C=O) groups is 1. The van der Waals surface area contributed by atoms with Gasteiger partial charge >= 0.3 is 6.09 Å². The minimum absolute atomic E-state index is 0.201. The molecule has 1 aliphatic heterocycles. The van der Waals surface area contributed by atoms with Crippen molar-refractivity contribution in [2.45, 2.75) is 13.5 Å². The Morgan fingerprint density at radius 3 is 2.27 bits per heavy atom. The Balaban J connectivity index is 1.34. The number of H-pyrrole nitrogens is 1. The van der Waals surface area contributed by atoms with Gasteiger partial charge in [0.2, 0.25) is 5.95 Å². The number of fused-ring (bicyclic) bond motifs is 1. The summed E-state index contributed by atoms with van der Waals surface area (Å²) in [5.74, 6) is 1.26. The summed E-state index contributed by atoms with van der Waals surface area (Å²) >= 11 is 13.3. The number of hydrogen-bond acceptors (Lipinski definition) is 9. The average molecular weight is 586 g/mol. The third-order valence-electron chi connectivity index (χ3n) is 6.78. The van der Waals surface area contributed by atoms with Crippen molar-refractivity contribution in [1.29, 1.82) is 0 Å². The number of halogens is 2. The Bertz CT molecular complexity index is 1490. The zero-order valence-electron chi connectivity index (χ0n) is 22.3. The van der Waals surface area contributed by atoms with Gasteiger partial charge in [-0.2, -0.15) is 0 Å². The second-order valence-electron chi connectivity index (χ2n) is 9.11. The smallest absolute Gasteiger partial charge is 0.419 e. The normalized spacial score (nSPS) is 14.3. The highest BCUT2D eigenvalue weighted by molar-refractivity contribution is 6.41. The Kier molecular flexibility index (Phi) is 8.55. The molecule has 0 aliphatic carbocycles. The number of amides is 1. The van der Waals surface area contributed by atoms with Crippen molar-refractivity contribution >= 4 is 46.3 Å². The van der Waals surface area contributed by atoms with Crippen molar-refractivity contribution in [3.05, 3.63) is 52.5 Å². The average Bonchev–Trinajstić information content (AvgIpc) is 3.41. The van der Waals surface area contributed by atoms with Crippen LogP contribution < -0.4 is 19.5 Å². The molecule has 11 nitrogen and oxygen atoms in total. The van der Waals surface area contributed by atoms with Gasteiger partial charge in [-0.05, 0) is 18.7 Å². The molecule has 1 fully saturated rings. The van der Waals surface area contributed by atoms with E-state index < -0.39 is 6.09 Å². The molecule has 1 aliphatic rings. The molecule has 3 heterocycles. The number of likely N-dealkylation sites (N-methyl/N-ethyl adjacent to an activating group) is 1. The fourth-order valence-electron chi connectivity index (χ4n) is 4.66. The van der Waals surface area contributed by atoms with E-state index in [1.165, 1.54) is 26.6 Å². The second-order valence-corrected chi connectivity index (χ2v) is 9.87. The van der Waals surface area contributed by atoms with E-state index >= 15 is 0 Å². The van der Waals surface area contributed by atoms with Crippen LogP contribution in [0.5, 0.6) is 17.2 Å². The molecule has 2 N–H and O–H groups in total. The Morgan fingerprint density at radius 2 is 1.62 bits per heavy atom. The maximum atomic E-state index is 12.8. The van der Waals surface area contributed by atoms with Gasteiger partial charge in [-0.25, -0.2) is 14.8 Å². The van der Waals surface area contributed by atoms with E-state index in [0.717, 1.165) is 38.4 Å². The van der Waals surface area contributed by atoms with Gasteiger partial charge in [0.15, 0.2) is 5.75 Å². The first kappa shape index (κ1) is 27.9. The number of nitrogens with zero attached hydrogens (tertiary/aromatic N) is 5. The van der Waals surface area contributed by atoms with E-state index in [4.69, 9.17) is 37.4 Å². The lowest BCUT2D eigenvalue weighted by atomic mass is 10.0. The van der Waals surface area contributed by atoms with Gasteiger partial charge in [0.05, 0.1) is 30.0 Å². The molecule has 4 aromatic rings. The Hall–Kier alpha value is -3.64. The van der Waals surface area contributed by atoms with Crippen LogP contribution in [0.25, 0.3) is 22.2 Å². The van der Waals surface area contributed by atoms with Crippen LogP contribution in [0.1, 0.15) is 12.6 Å². The van der Waals surface area contributed by atoms with E-state index in [-0.39, 0.29) is 15.8 Å². The number of nitrogens with one attached hydrogen (secondary N) is 2. The molecule has 1 saturated heterocycles. The van der Waals surface area contributed by atoms with Gasteiger partial charge in [-0.1, -0.05) is 30.1 Å². The molecule has 0 unspecified atom stereocenters. The molecule has 13 heteroatoms. The fourth-order valence-corrected chi connectivity index (χ4v) is 5.36. The van der Waals surface area contributed by atoms with Gasteiger partial charge in [-0.15, -0.1) is 0 Å². The molecule has 40 heavy (non-hydrogen) atoms. The lowest BCUT2D eigenvalue weighted by Gasteiger charge is -2.33. The number of aromatic nitrogens is 4. The van der Waals surface area contributed by atoms with Crippen LogP contribution in [0, 0.1) is 0 Å². The Morgan fingerprint density at radius 1 is 0.975 bits per heavy atom. The molecule has 0 saturated carbocycles. The number of carbonyl (C=O) groups excluding carboxylic acids is 1. The predicted molar refractivity (Wildman–Crippen MR) is 154 cm³/mol. The highest BCUT2D eigenvalue weighted by Crippen LogP contribution is 2.47. The number of piperazine rings is 1. The number of benzene rings is 2. The largest absolute Gasteiger partial charge is 0.495 e. The fraction of sp³-hybridized carbons (Fsp3) is 0.333. The van der Waals surface area contributed by atoms with Crippen LogP contribution in [-0.4, -0.2) is 82.8 Å². The quantitative estimate of drug-likeness (QED) is 0.291. The summed E-state index contributed by atoms with van der Waals surface area (Å²) in [5, 5.41) is 3.22. The number of rotatable bonds is 8. The standard InChI is InChI=1S/C27H29Cl2N7O4/c1-4-35-9-11-36(12-10-35)15-16-14-32-26(33-16)34-27(37)40-18-6-5-17(24-25(18)31-8-7-30-24)21-22(28)19(38-2)13-20(39-3)23(21)29/h5-8,13-14H,4,9-12,15H2,1-3H3,(H2,32,33,34,37). The molecule has 5 rings (SSSR count). The maximum Gasteiger partial charge on any atom is 0.419 e. The molecule has 210 valence electrons. The van der Waals surface area contributed by atoms with Crippen molar-refractivity contribution in [3.8, 4) is 28.4 Å². The molecule has 0 bridgehead atoms. The van der Waals surface area contributed by atoms with Gasteiger partial charge in [0.25, 0.3) is 0 Å². The molecule has 0 radical (unpaired) electrons. The van der Waals surface area contributed by atoms with Crippen LogP contribution in [0.3, 0.4) is 0 Å². The van der Waals surface area contributed by atoms with Crippen molar-refractivity contribution in [1.82, 2.24) is 29.7 Å². The number of aromatic amines is 1. The minimum atomic E-state index is -0.726. The molecule has 1 amide bonds. The summed E-state index contributed by atoms with van der Waals surface area (Å²) in [4.78, 5) is 33.9. The first-order chi connectivity index (χ1) is 19.4. The number of anilines is 1. The summed E-state index contributed by atoms with van der Waals surface area (Å²) < 4.78 is 16.4. The minimum Gasteiger partial charge on any atom is -0.495 e. The zero-order chi connectivity index (χ0) is 28.2. The van der Waals surface area contributed by atoms with Crippen LogP contribution in [0.4, 0.5) is 10.7 Å². The summed E-state index contributed by atoms with van der Waals surface area (Å²) in [6.07, 6.45) is 4.09. The number of methoxy groups -OCH3 is 2. The van der Waals surface area contributed by atoms with E-state index in [1.807, 2.05) is 0 Å². The number of hydrogen-bond donors (Lipinski definition) is 2. The predicted octanol–water partition coefficient (Wildman–Crippen LogP) is 5.09. The van der Waals surface area contributed by atoms with Crippen molar-refractivity contribution in [2.75, 3.05) is 52.3 Å². The van der Waals surface area contributed by atoms with Gasteiger partial charge < -0.3 is 24.1 Å². The SMILES string of the molecule is CCN1CCN(Cc2c[nH]c(NC(=O)Oc3ccc(-c4c(Cl)c(OC)cc(OC)c4Cl)c4nccnc34)n2)CC1. The molecule has 0 atom stereocenters. The van der Waals surface area contributed by atoms with E-state index in [0.29, 0.717) is 46.2 Å². The summed E-state index contributed by atoms with van der Waals surface area (Å²) in [6, 6.07) is 4.92. The monoisotopic (exact) mass is 585 g/mol. The van der Waals surface area contributed by atoms with Gasteiger partial charge in [0, 0.05) is 68.5 Å². The first-order valence-electron chi connectivity index (χ1n) is 12.7. The van der Waals surface area contributed by atoms with E-state index in [9.17, 15) is 4.79 Å². The maximum absolute atomic E-state index is 12.8. The zero-order valence-corrected chi connectivity index (χ0v) is 23.8. The topological polar surface area (TPSA) is 118 Å². The summed E-state index contributed by atoms with van der Waals surface area (Å²) in [6.45, 7) is 7.98. The van der Waals surface area contributed by atoms with Crippen LogP contribution in [0.2, 0.25) is 10.0 Å². The lowest BCUT2D eigenvalue weighted by Crippen LogP contribution is -2.45. The highest BCUT2D eigenvalue weighted by Gasteiger charge is 2.23. The van der Waals surface area contributed by atoms with Crippen molar-refractivity contribution in [3.63, 3.8) is 0 Å². The highest BCUT2D eigenvalue weighted by atomic mass is 35.5. The third kappa shape index (κ3) is 5.78. The van der Waals surface area contributed by atoms with Crippen LogP contribution >= 0.6 is 23.2 Å². The first-order valence-corrected chi connectivity index (χ1v) is 13.5. The van der Waals surface area contributed by atoms with Gasteiger partial charge in [-0.3, -0.25) is 15.2 Å². The lowest BCUT2D eigenvalue weighted by molar-refractivity contribution is 0.131. The number of ether oxygens (including phenoxy) is 3. The number of imidazole rings is 1. The van der Waals surface area contributed by atoms with Crippen molar-refractivity contribution in [2.24, 2.45) is 0 Å². The van der Waals surface area contributed by atoms with Crippen LogP contribution in [0.15, 0.2) is 36.8 Å². The molecular weight excluding hydrogens is 557 g/mol. The molecule has 0 spiro atoms. The van der Waals surface area contributed by atoms with Crippen LogP contribution in [-0.2, 0) is 6.54 Å². The second kappa shape index (κ2) is 12.3. The van der Waals surface area contributed by atoms with E-state index in [2.05, 4.69) is 42.0 Å². The van der Waals surface area contributed by atoms with Gasteiger partial charge in [0.1, 0.15) is 22.5 Å². The molecular formula is C27H29Cl2N7O4. The third-order valence-corrected chi connectivity index (χ3v) is 7.53. The van der Waals surface area contributed by atoms with E-state index in [1.54, 1.807) is 24.4 Å². The summed E-state index contributed by atoms with van der Waals surface area (Å²) in [5.41, 5.74) is 2.63. The van der Waals surface area contributed by atoms with Crippen molar-refractivity contribution < 1.29 is 19.0 Å². The summed E-state index contributed by atoms with van der Waals surface area (Å²) in [7, 11) is 3.00. The Labute approximate surface area is 241 Å². The molecule has 2 aromatic heterocycles.